The second kappa shape index (κ2) is 13.2. The van der Waals surface area contributed by atoms with Crippen LogP contribution >= 0.6 is 0 Å². The Balaban J connectivity index is 1.62. The first-order valence-corrected chi connectivity index (χ1v) is 12.6. The lowest BCUT2D eigenvalue weighted by atomic mass is 9.99. The van der Waals surface area contributed by atoms with E-state index < -0.39 is 74.6 Å². The van der Waals surface area contributed by atoms with Crippen LogP contribution in [0.4, 0.5) is 0 Å². The molecule has 2 aliphatic rings. The molecule has 2 aromatic rings. The number of hydrogen-bond acceptors (Lipinski definition) is 13. The third kappa shape index (κ3) is 6.72. The Morgan fingerprint density at radius 1 is 0.600 bits per heavy atom. The van der Waals surface area contributed by atoms with Crippen LogP contribution in [-0.4, -0.2) is 123 Å². The summed E-state index contributed by atoms with van der Waals surface area (Å²) in [7, 11) is 1.56. The van der Waals surface area contributed by atoms with Gasteiger partial charge in [0.1, 0.15) is 66.1 Å². The van der Waals surface area contributed by atoms with Crippen LogP contribution in [0.1, 0.15) is 11.1 Å². The van der Waals surface area contributed by atoms with Gasteiger partial charge in [-0.1, -0.05) is 24.3 Å². The molecule has 2 heterocycles. The third-order valence-corrected chi connectivity index (χ3v) is 6.69. The lowest BCUT2D eigenvalue weighted by Gasteiger charge is -2.40. The van der Waals surface area contributed by atoms with E-state index in [1.165, 1.54) is 6.07 Å². The van der Waals surface area contributed by atoms with E-state index in [2.05, 4.69) is 0 Å². The zero-order chi connectivity index (χ0) is 29.0. The molecule has 4 rings (SSSR count). The van der Waals surface area contributed by atoms with E-state index in [0.29, 0.717) is 11.3 Å². The molecule has 13 nitrogen and oxygen atoms in total. The third-order valence-electron chi connectivity index (χ3n) is 6.69. The minimum atomic E-state index is -1.66. The first kappa shape index (κ1) is 30.1. The number of aliphatic hydroxyl groups is 8. The summed E-state index contributed by atoms with van der Waals surface area (Å²) in [5.74, 6) is 0.823. The molecule has 2 aliphatic heterocycles. The summed E-state index contributed by atoms with van der Waals surface area (Å²) in [5, 5.41) is 80.1. The lowest BCUT2D eigenvalue weighted by molar-refractivity contribution is -0.278. The van der Waals surface area contributed by atoms with Crippen molar-refractivity contribution >= 4 is 12.2 Å². The molecule has 0 aromatic heterocycles. The Bertz CT molecular complexity index is 1070. The van der Waals surface area contributed by atoms with Gasteiger partial charge in [0.2, 0.25) is 12.6 Å². The summed E-state index contributed by atoms with van der Waals surface area (Å²) in [6, 6.07) is 11.7. The first-order chi connectivity index (χ1) is 19.1. The summed E-state index contributed by atoms with van der Waals surface area (Å²) in [6.07, 6.45) is -11.6. The number of hydrogen-bond donors (Lipinski definition) is 8. The predicted octanol–water partition coefficient (Wildman–Crippen LogP) is -1.78. The van der Waals surface area contributed by atoms with Crippen molar-refractivity contribution in [2.75, 3.05) is 20.3 Å². The maximum absolute atomic E-state index is 10.4. The van der Waals surface area contributed by atoms with Crippen LogP contribution in [0, 0.1) is 0 Å². The lowest BCUT2D eigenvalue weighted by Crippen LogP contribution is -2.60. The highest BCUT2D eigenvalue weighted by molar-refractivity contribution is 5.71. The van der Waals surface area contributed by atoms with Crippen molar-refractivity contribution in [1.29, 1.82) is 0 Å². The van der Waals surface area contributed by atoms with E-state index in [0.717, 1.165) is 5.56 Å². The van der Waals surface area contributed by atoms with Crippen molar-refractivity contribution in [1.82, 2.24) is 0 Å². The van der Waals surface area contributed by atoms with Crippen LogP contribution in [0.15, 0.2) is 42.5 Å². The van der Waals surface area contributed by atoms with Crippen molar-refractivity contribution in [3.63, 3.8) is 0 Å². The van der Waals surface area contributed by atoms with Gasteiger partial charge in [0.05, 0.1) is 20.3 Å². The molecule has 0 spiro atoms. The Hall–Kier alpha value is -2.82. The van der Waals surface area contributed by atoms with Crippen molar-refractivity contribution in [3.05, 3.63) is 53.6 Å². The second-order valence-electron chi connectivity index (χ2n) is 9.47. The van der Waals surface area contributed by atoms with E-state index in [-0.39, 0.29) is 11.5 Å². The Morgan fingerprint density at radius 3 is 1.48 bits per heavy atom. The van der Waals surface area contributed by atoms with Gasteiger partial charge in [-0.15, -0.1) is 0 Å². The molecule has 2 aromatic carbocycles. The van der Waals surface area contributed by atoms with Crippen LogP contribution < -0.4 is 14.2 Å². The van der Waals surface area contributed by atoms with Crippen LogP contribution in [0.2, 0.25) is 0 Å². The normalized spacial score (nSPS) is 34.5. The molecule has 2 saturated heterocycles. The highest BCUT2D eigenvalue weighted by Crippen LogP contribution is 2.31. The van der Waals surface area contributed by atoms with E-state index in [1.807, 2.05) is 12.1 Å². The molecular weight excluding hydrogens is 532 g/mol. The molecule has 8 N–H and O–H groups in total. The summed E-state index contributed by atoms with van der Waals surface area (Å²) in [4.78, 5) is 0. The van der Waals surface area contributed by atoms with Crippen LogP contribution in [-0.2, 0) is 9.47 Å². The molecule has 0 unspecified atom stereocenters. The summed E-state index contributed by atoms with van der Waals surface area (Å²) >= 11 is 0. The highest BCUT2D eigenvalue weighted by atomic mass is 16.7. The van der Waals surface area contributed by atoms with Gasteiger partial charge in [-0.2, -0.15) is 0 Å². The number of ether oxygens (including phenoxy) is 5. The summed E-state index contributed by atoms with van der Waals surface area (Å²) < 4.78 is 27.5. The topological polar surface area (TPSA) is 208 Å². The number of benzene rings is 2. The molecule has 0 amide bonds. The van der Waals surface area contributed by atoms with Crippen LogP contribution in [0.5, 0.6) is 17.2 Å². The molecular formula is C27H34O13. The highest BCUT2D eigenvalue weighted by Gasteiger charge is 2.46. The molecule has 0 radical (unpaired) electrons. The summed E-state index contributed by atoms with van der Waals surface area (Å²) in [5.41, 5.74) is 1.34. The van der Waals surface area contributed by atoms with Gasteiger partial charge in [-0.05, 0) is 35.4 Å². The fourth-order valence-corrected chi connectivity index (χ4v) is 4.33. The molecule has 0 bridgehead atoms. The molecule has 10 atom stereocenters. The van der Waals surface area contributed by atoms with Crippen molar-refractivity contribution < 1.29 is 64.5 Å². The minimum absolute atomic E-state index is 0.0702. The quantitative estimate of drug-likeness (QED) is 0.158. The number of aliphatic hydroxyl groups excluding tert-OH is 8. The maximum Gasteiger partial charge on any atom is 0.229 e. The smallest absolute Gasteiger partial charge is 0.229 e. The van der Waals surface area contributed by atoms with Gasteiger partial charge in [-0.25, -0.2) is 0 Å². The minimum Gasteiger partial charge on any atom is -0.497 e. The molecule has 0 saturated carbocycles. The van der Waals surface area contributed by atoms with E-state index in [4.69, 9.17) is 23.7 Å². The Morgan fingerprint density at radius 2 is 1.05 bits per heavy atom. The van der Waals surface area contributed by atoms with Gasteiger partial charge < -0.3 is 64.5 Å². The van der Waals surface area contributed by atoms with E-state index in [1.54, 1.807) is 43.5 Å². The Kier molecular flexibility index (Phi) is 9.97. The second-order valence-corrected chi connectivity index (χ2v) is 9.47. The average Bonchev–Trinajstić information content (AvgIpc) is 2.96. The van der Waals surface area contributed by atoms with Crippen molar-refractivity contribution in [3.8, 4) is 17.2 Å². The summed E-state index contributed by atoms with van der Waals surface area (Å²) in [6.45, 7) is -1.28. The Labute approximate surface area is 229 Å². The SMILES string of the molecule is COc1ccc(/C=C\c2cc(O[C@@H]3O[C@H](CO)[C@@H](O)[C@H](O)[C@H]3O)cc(O[C@@H]3O[C@H](CO)[C@@H](O)[C@H](O)[C@H]3O)c2)cc1. The zero-order valence-electron chi connectivity index (χ0n) is 21.5. The van der Waals surface area contributed by atoms with Gasteiger partial charge in [0.25, 0.3) is 0 Å². The van der Waals surface area contributed by atoms with E-state index in [9.17, 15) is 40.9 Å². The molecule has 13 heteroatoms. The first-order valence-electron chi connectivity index (χ1n) is 12.6. The molecule has 2 fully saturated rings. The standard InChI is InChI=1S/C27H34O13/c1-36-15-6-4-13(5-7-15)2-3-14-8-16(37-26-24(34)22(32)20(30)18(11-28)39-26)10-17(9-14)38-27-25(35)23(33)21(31)19(12-29)40-27/h2-10,18-35H,11-12H2,1H3/b3-2-/t18-,19-,20-,21-,22+,23+,24-,25-,26-,27-/m1/s1. The maximum atomic E-state index is 10.4. The van der Waals surface area contributed by atoms with Crippen molar-refractivity contribution in [2.45, 2.75) is 61.4 Å². The van der Waals surface area contributed by atoms with Gasteiger partial charge in [-0.3, -0.25) is 0 Å². The van der Waals surface area contributed by atoms with Crippen LogP contribution in [0.25, 0.3) is 12.2 Å². The fraction of sp³-hybridized carbons (Fsp3) is 0.481. The fourth-order valence-electron chi connectivity index (χ4n) is 4.33. The number of methoxy groups -OCH3 is 1. The molecule has 0 aliphatic carbocycles. The van der Waals surface area contributed by atoms with Gasteiger partial charge in [0.15, 0.2) is 0 Å². The molecule has 40 heavy (non-hydrogen) atoms. The van der Waals surface area contributed by atoms with Gasteiger partial charge >= 0.3 is 0 Å². The number of rotatable bonds is 9. The monoisotopic (exact) mass is 566 g/mol. The van der Waals surface area contributed by atoms with Crippen molar-refractivity contribution in [2.24, 2.45) is 0 Å². The predicted molar refractivity (Wildman–Crippen MR) is 137 cm³/mol. The van der Waals surface area contributed by atoms with Gasteiger partial charge in [0, 0.05) is 6.07 Å². The molecule has 220 valence electrons. The van der Waals surface area contributed by atoms with E-state index >= 15 is 0 Å². The largest absolute Gasteiger partial charge is 0.497 e. The average molecular weight is 567 g/mol. The zero-order valence-corrected chi connectivity index (χ0v) is 21.5. The van der Waals surface area contributed by atoms with Crippen LogP contribution in [0.3, 0.4) is 0 Å².